The van der Waals surface area contributed by atoms with Crippen LogP contribution in [0.5, 0.6) is 0 Å². The van der Waals surface area contributed by atoms with E-state index in [-0.39, 0.29) is 18.6 Å². The van der Waals surface area contributed by atoms with Crippen LogP contribution in [0.15, 0.2) is 18.2 Å². The number of carbonyl (C=O) groups is 2. The third-order valence-corrected chi connectivity index (χ3v) is 7.14. The van der Waals surface area contributed by atoms with Gasteiger partial charge in [-0.05, 0) is 48.4 Å². The number of benzene rings is 1. The van der Waals surface area contributed by atoms with E-state index in [0.717, 1.165) is 24.7 Å². The molecule has 1 amide bonds. The van der Waals surface area contributed by atoms with Crippen LogP contribution in [0.3, 0.4) is 0 Å². The van der Waals surface area contributed by atoms with Gasteiger partial charge in [0.25, 0.3) is 5.91 Å². The molecular formula is C20H28N2O5S. The number of carbonyl (C=O) groups excluding carboxylic acids is 2. The number of esters is 1. The normalized spacial score (nSPS) is 24.5. The van der Waals surface area contributed by atoms with Crippen molar-refractivity contribution in [3.8, 4) is 0 Å². The highest BCUT2D eigenvalue weighted by molar-refractivity contribution is 7.92. The molecule has 3 rings (SSSR count). The molecule has 1 aliphatic carbocycles. The van der Waals surface area contributed by atoms with Crippen molar-refractivity contribution in [3.05, 3.63) is 29.3 Å². The Balaban J connectivity index is 1.56. The van der Waals surface area contributed by atoms with E-state index in [0.29, 0.717) is 36.1 Å². The molecule has 0 unspecified atom stereocenters. The van der Waals surface area contributed by atoms with Crippen LogP contribution in [-0.2, 0) is 26.0 Å². The number of nitrogens with one attached hydrogen (secondary N) is 1. The largest absolute Gasteiger partial charge is 0.452 e. The molecule has 1 aromatic rings. The molecule has 2 aliphatic rings. The molecule has 0 bridgehead atoms. The van der Waals surface area contributed by atoms with Crippen molar-refractivity contribution in [2.75, 3.05) is 23.7 Å². The summed E-state index contributed by atoms with van der Waals surface area (Å²) >= 11 is 0. The van der Waals surface area contributed by atoms with Gasteiger partial charge in [-0.15, -0.1) is 0 Å². The average Bonchev–Trinajstić information content (AvgIpc) is 3.07. The Labute approximate surface area is 166 Å². The SMILES string of the molecule is C[C@H]1[C@@H](NC(=O)COC(=O)c2ccc3c(c2)CCN3S(C)(=O)=O)CCC[C@@H]1C. The number of nitrogens with zero attached hydrogens (tertiary/aromatic N) is 1. The molecular weight excluding hydrogens is 380 g/mol. The van der Waals surface area contributed by atoms with Crippen molar-refractivity contribution in [2.24, 2.45) is 11.8 Å². The van der Waals surface area contributed by atoms with E-state index in [1.807, 2.05) is 0 Å². The van der Waals surface area contributed by atoms with Crippen molar-refractivity contribution in [3.63, 3.8) is 0 Å². The summed E-state index contributed by atoms with van der Waals surface area (Å²) in [6.07, 6.45) is 4.93. The first kappa shape index (κ1) is 20.6. The van der Waals surface area contributed by atoms with Crippen molar-refractivity contribution in [1.29, 1.82) is 0 Å². The Kier molecular flexibility index (Phi) is 5.98. The number of ether oxygens (including phenoxy) is 1. The van der Waals surface area contributed by atoms with Gasteiger partial charge in [0.15, 0.2) is 6.61 Å². The zero-order valence-corrected chi connectivity index (χ0v) is 17.4. The maximum Gasteiger partial charge on any atom is 0.338 e. The first-order chi connectivity index (χ1) is 13.2. The van der Waals surface area contributed by atoms with E-state index in [4.69, 9.17) is 4.74 Å². The molecule has 0 saturated heterocycles. The van der Waals surface area contributed by atoms with Crippen molar-refractivity contribution in [1.82, 2.24) is 5.32 Å². The summed E-state index contributed by atoms with van der Waals surface area (Å²) in [4.78, 5) is 24.5. The van der Waals surface area contributed by atoms with Gasteiger partial charge < -0.3 is 10.1 Å². The van der Waals surface area contributed by atoms with Gasteiger partial charge >= 0.3 is 5.97 Å². The molecule has 0 radical (unpaired) electrons. The number of anilines is 1. The van der Waals surface area contributed by atoms with E-state index in [1.54, 1.807) is 12.1 Å². The molecule has 1 aromatic carbocycles. The number of hydrogen-bond acceptors (Lipinski definition) is 5. The molecule has 154 valence electrons. The molecule has 1 aliphatic heterocycles. The lowest BCUT2D eigenvalue weighted by molar-refractivity contribution is -0.125. The zero-order valence-electron chi connectivity index (χ0n) is 16.6. The van der Waals surface area contributed by atoms with Crippen LogP contribution in [0, 0.1) is 11.8 Å². The van der Waals surface area contributed by atoms with Crippen LogP contribution in [-0.4, -0.2) is 45.7 Å². The summed E-state index contributed by atoms with van der Waals surface area (Å²) in [5, 5.41) is 2.98. The summed E-state index contributed by atoms with van der Waals surface area (Å²) in [5.74, 6) is 0.104. The summed E-state index contributed by atoms with van der Waals surface area (Å²) in [6, 6.07) is 4.92. The minimum Gasteiger partial charge on any atom is -0.452 e. The Morgan fingerprint density at radius 1 is 1.25 bits per heavy atom. The van der Waals surface area contributed by atoms with Gasteiger partial charge in [-0.25, -0.2) is 13.2 Å². The second kappa shape index (κ2) is 8.11. The van der Waals surface area contributed by atoms with Gasteiger partial charge in [0, 0.05) is 12.6 Å². The van der Waals surface area contributed by atoms with E-state index in [1.165, 1.54) is 16.8 Å². The minimum absolute atomic E-state index is 0.122. The van der Waals surface area contributed by atoms with E-state index in [2.05, 4.69) is 19.2 Å². The smallest absolute Gasteiger partial charge is 0.338 e. The monoisotopic (exact) mass is 408 g/mol. The summed E-state index contributed by atoms with van der Waals surface area (Å²) in [5.41, 5.74) is 1.70. The Morgan fingerprint density at radius 2 is 2.00 bits per heavy atom. The number of rotatable bonds is 5. The summed E-state index contributed by atoms with van der Waals surface area (Å²) < 4.78 is 30.1. The van der Waals surface area contributed by atoms with Crippen LogP contribution >= 0.6 is 0 Å². The molecule has 3 atom stereocenters. The fourth-order valence-corrected chi connectivity index (χ4v) is 5.05. The summed E-state index contributed by atoms with van der Waals surface area (Å²) in [7, 11) is -3.33. The van der Waals surface area contributed by atoms with Crippen molar-refractivity contribution < 1.29 is 22.7 Å². The Bertz CT molecular complexity index is 867. The second-order valence-corrected chi connectivity index (χ2v) is 9.85. The second-order valence-electron chi connectivity index (χ2n) is 7.95. The molecule has 0 spiro atoms. The lowest BCUT2D eigenvalue weighted by atomic mass is 9.78. The van der Waals surface area contributed by atoms with Gasteiger partial charge in [-0.1, -0.05) is 26.7 Å². The first-order valence-electron chi connectivity index (χ1n) is 9.74. The maximum atomic E-state index is 12.3. The fraction of sp³-hybridized carbons (Fsp3) is 0.600. The predicted octanol–water partition coefficient (Wildman–Crippen LogP) is 2.11. The van der Waals surface area contributed by atoms with Gasteiger partial charge in [0.1, 0.15) is 0 Å². The molecule has 8 heteroatoms. The van der Waals surface area contributed by atoms with Gasteiger partial charge in [0.05, 0.1) is 17.5 Å². The third-order valence-electron chi connectivity index (χ3n) is 5.96. The average molecular weight is 409 g/mol. The van der Waals surface area contributed by atoms with Crippen molar-refractivity contribution in [2.45, 2.75) is 45.6 Å². The van der Waals surface area contributed by atoms with Gasteiger partial charge in [0.2, 0.25) is 10.0 Å². The number of amides is 1. The van der Waals surface area contributed by atoms with Crippen LogP contribution < -0.4 is 9.62 Å². The third kappa shape index (κ3) is 4.48. The lowest BCUT2D eigenvalue weighted by Crippen LogP contribution is -2.45. The quantitative estimate of drug-likeness (QED) is 0.753. The molecule has 1 heterocycles. The first-order valence-corrected chi connectivity index (χ1v) is 11.6. The topological polar surface area (TPSA) is 92.8 Å². The molecule has 28 heavy (non-hydrogen) atoms. The van der Waals surface area contributed by atoms with Crippen LogP contribution in [0.1, 0.15) is 49.0 Å². The van der Waals surface area contributed by atoms with Crippen LogP contribution in [0.2, 0.25) is 0 Å². The van der Waals surface area contributed by atoms with Crippen molar-refractivity contribution >= 4 is 27.6 Å². The molecule has 1 N–H and O–H groups in total. The molecule has 1 fully saturated rings. The number of hydrogen-bond donors (Lipinski definition) is 1. The maximum absolute atomic E-state index is 12.3. The Morgan fingerprint density at radius 3 is 2.71 bits per heavy atom. The molecule has 1 saturated carbocycles. The molecule has 7 nitrogen and oxygen atoms in total. The highest BCUT2D eigenvalue weighted by Crippen LogP contribution is 2.31. The van der Waals surface area contributed by atoms with E-state index < -0.39 is 16.0 Å². The highest BCUT2D eigenvalue weighted by atomic mass is 32.2. The zero-order chi connectivity index (χ0) is 20.5. The Hall–Kier alpha value is -2.09. The van der Waals surface area contributed by atoms with E-state index in [9.17, 15) is 18.0 Å². The highest BCUT2D eigenvalue weighted by Gasteiger charge is 2.29. The number of fused-ring (bicyclic) bond motifs is 1. The van der Waals surface area contributed by atoms with Gasteiger partial charge in [-0.3, -0.25) is 9.10 Å². The van der Waals surface area contributed by atoms with Crippen LogP contribution in [0.4, 0.5) is 5.69 Å². The fourth-order valence-electron chi connectivity index (χ4n) is 4.09. The summed E-state index contributed by atoms with van der Waals surface area (Å²) in [6.45, 7) is 4.39. The van der Waals surface area contributed by atoms with E-state index >= 15 is 0 Å². The number of sulfonamides is 1. The lowest BCUT2D eigenvalue weighted by Gasteiger charge is -2.34. The standard InChI is InChI=1S/C20H28N2O5S/c1-13-5-4-6-17(14(13)2)21-19(23)12-27-20(24)16-7-8-18-15(11-16)9-10-22(18)28(3,25)26/h7-8,11,13-14,17H,4-6,9-10,12H2,1-3H3,(H,21,23)/t13-,14+,17-/m0/s1. The predicted molar refractivity (Wildman–Crippen MR) is 107 cm³/mol. The van der Waals surface area contributed by atoms with Crippen LogP contribution in [0.25, 0.3) is 0 Å². The molecule has 0 aromatic heterocycles. The minimum atomic E-state index is -3.33. The van der Waals surface area contributed by atoms with Gasteiger partial charge in [-0.2, -0.15) is 0 Å².